The van der Waals surface area contributed by atoms with Gasteiger partial charge in [-0.1, -0.05) is 58.7 Å². The second kappa shape index (κ2) is 7.54. The van der Waals surface area contributed by atoms with Gasteiger partial charge in [0.15, 0.2) is 0 Å². The zero-order valence-corrected chi connectivity index (χ0v) is 16.4. The SMILES string of the molecule is CC[C@@H](C)NC(=O)c1cc2ccccc2c(-c2cc(Br)ccc2Cl)n1. The third kappa shape index (κ3) is 3.86. The minimum Gasteiger partial charge on any atom is -0.348 e. The molecule has 1 aromatic heterocycles. The molecular weight excluding hydrogens is 400 g/mol. The van der Waals surface area contributed by atoms with Crippen LogP contribution in [0.25, 0.3) is 22.0 Å². The topological polar surface area (TPSA) is 42.0 Å². The van der Waals surface area contributed by atoms with Crippen molar-refractivity contribution in [2.45, 2.75) is 26.3 Å². The van der Waals surface area contributed by atoms with Crippen LogP contribution in [-0.2, 0) is 0 Å². The summed E-state index contributed by atoms with van der Waals surface area (Å²) in [6.07, 6.45) is 0.865. The standard InChI is InChI=1S/C20H18BrClN2O/c1-3-12(2)23-20(25)18-10-13-6-4-5-7-15(13)19(24-18)16-11-14(21)8-9-17(16)22/h4-12H,3H2,1-2H3,(H,23,25)/t12-/m1/s1. The fourth-order valence-electron chi connectivity index (χ4n) is 2.60. The molecule has 0 aliphatic rings. The maximum Gasteiger partial charge on any atom is 0.270 e. The van der Waals surface area contributed by atoms with Gasteiger partial charge in [0.25, 0.3) is 5.91 Å². The molecule has 0 saturated heterocycles. The number of aromatic nitrogens is 1. The van der Waals surface area contributed by atoms with Gasteiger partial charge in [-0.05, 0) is 43.0 Å². The Hall–Kier alpha value is -1.91. The highest BCUT2D eigenvalue weighted by molar-refractivity contribution is 9.10. The monoisotopic (exact) mass is 416 g/mol. The molecular formula is C20H18BrClN2O. The first-order chi connectivity index (χ1) is 12.0. The van der Waals surface area contributed by atoms with E-state index >= 15 is 0 Å². The first kappa shape index (κ1) is 17.9. The van der Waals surface area contributed by atoms with E-state index in [2.05, 4.69) is 26.2 Å². The number of halogens is 2. The number of hydrogen-bond donors (Lipinski definition) is 1. The van der Waals surface area contributed by atoms with Crippen LogP contribution in [-0.4, -0.2) is 16.9 Å². The minimum absolute atomic E-state index is 0.0960. The van der Waals surface area contributed by atoms with E-state index in [1.54, 1.807) is 0 Å². The normalized spacial score (nSPS) is 12.2. The fraction of sp³-hybridized carbons (Fsp3) is 0.200. The summed E-state index contributed by atoms with van der Waals surface area (Å²) in [6, 6.07) is 15.4. The molecule has 5 heteroatoms. The van der Waals surface area contributed by atoms with E-state index in [-0.39, 0.29) is 11.9 Å². The molecule has 0 unspecified atom stereocenters. The summed E-state index contributed by atoms with van der Waals surface area (Å²) >= 11 is 9.89. The van der Waals surface area contributed by atoms with Crippen LogP contribution >= 0.6 is 27.5 Å². The lowest BCUT2D eigenvalue weighted by Crippen LogP contribution is -2.32. The van der Waals surface area contributed by atoms with Crippen LogP contribution in [0.2, 0.25) is 5.02 Å². The smallest absolute Gasteiger partial charge is 0.270 e. The number of nitrogens with zero attached hydrogens (tertiary/aromatic N) is 1. The molecule has 3 nitrogen and oxygen atoms in total. The number of rotatable bonds is 4. The Balaban J connectivity index is 2.20. The summed E-state index contributed by atoms with van der Waals surface area (Å²) in [5, 5.41) is 5.49. The van der Waals surface area contributed by atoms with E-state index < -0.39 is 0 Å². The van der Waals surface area contributed by atoms with Gasteiger partial charge in [0.2, 0.25) is 0 Å². The van der Waals surface area contributed by atoms with Gasteiger partial charge in [0, 0.05) is 21.5 Å². The van der Waals surface area contributed by atoms with Gasteiger partial charge in [-0.2, -0.15) is 0 Å². The number of fused-ring (bicyclic) bond motifs is 1. The minimum atomic E-state index is -0.174. The highest BCUT2D eigenvalue weighted by atomic mass is 79.9. The maximum atomic E-state index is 12.6. The molecule has 1 N–H and O–H groups in total. The van der Waals surface area contributed by atoms with E-state index in [0.717, 1.165) is 27.2 Å². The van der Waals surface area contributed by atoms with Crippen LogP contribution in [0.4, 0.5) is 0 Å². The molecule has 0 aliphatic heterocycles. The van der Waals surface area contributed by atoms with Crippen LogP contribution in [0.1, 0.15) is 30.8 Å². The number of nitrogens with one attached hydrogen (secondary N) is 1. The first-order valence-corrected chi connectivity index (χ1v) is 9.32. The van der Waals surface area contributed by atoms with Crippen molar-refractivity contribution in [3.63, 3.8) is 0 Å². The van der Waals surface area contributed by atoms with Crippen LogP contribution < -0.4 is 5.32 Å². The van der Waals surface area contributed by atoms with E-state index in [4.69, 9.17) is 11.6 Å². The van der Waals surface area contributed by atoms with Gasteiger partial charge in [-0.3, -0.25) is 4.79 Å². The largest absolute Gasteiger partial charge is 0.348 e. The maximum absolute atomic E-state index is 12.6. The molecule has 0 aliphatic carbocycles. The number of carbonyl (C=O) groups excluding carboxylic acids is 1. The average molecular weight is 418 g/mol. The third-order valence-corrected chi connectivity index (χ3v) is 4.97. The lowest BCUT2D eigenvalue weighted by atomic mass is 10.0. The molecule has 3 aromatic rings. The zero-order chi connectivity index (χ0) is 18.0. The summed E-state index contributed by atoms with van der Waals surface area (Å²) in [5.74, 6) is -0.174. The molecule has 2 aromatic carbocycles. The second-order valence-corrected chi connectivity index (χ2v) is 7.31. The summed E-state index contributed by atoms with van der Waals surface area (Å²) in [7, 11) is 0. The molecule has 0 radical (unpaired) electrons. The van der Waals surface area contributed by atoms with Crippen molar-refractivity contribution < 1.29 is 4.79 Å². The molecule has 3 rings (SSSR count). The molecule has 0 bridgehead atoms. The summed E-state index contributed by atoms with van der Waals surface area (Å²) in [5.41, 5.74) is 1.90. The van der Waals surface area contributed by atoms with Crippen molar-refractivity contribution in [2.24, 2.45) is 0 Å². The predicted molar refractivity (Wildman–Crippen MR) is 107 cm³/mol. The van der Waals surface area contributed by atoms with Crippen LogP contribution in [0.3, 0.4) is 0 Å². The molecule has 0 fully saturated rings. The molecule has 128 valence electrons. The number of benzene rings is 2. The summed E-state index contributed by atoms with van der Waals surface area (Å²) in [6.45, 7) is 4.01. The van der Waals surface area contributed by atoms with Gasteiger partial charge in [0.1, 0.15) is 5.69 Å². The molecule has 25 heavy (non-hydrogen) atoms. The quantitative estimate of drug-likeness (QED) is 0.579. The van der Waals surface area contributed by atoms with Crippen molar-refractivity contribution in [3.05, 3.63) is 63.7 Å². The highest BCUT2D eigenvalue weighted by Gasteiger charge is 2.16. The van der Waals surface area contributed by atoms with Gasteiger partial charge in [0.05, 0.1) is 10.7 Å². The average Bonchev–Trinajstić information content (AvgIpc) is 2.62. The van der Waals surface area contributed by atoms with Crippen molar-refractivity contribution in [1.82, 2.24) is 10.3 Å². The van der Waals surface area contributed by atoms with Crippen molar-refractivity contribution in [2.75, 3.05) is 0 Å². The Labute approximate surface area is 160 Å². The Morgan fingerprint density at radius 1 is 1.24 bits per heavy atom. The lowest BCUT2D eigenvalue weighted by Gasteiger charge is -2.14. The molecule has 1 amide bonds. The number of carbonyl (C=O) groups is 1. The number of pyridine rings is 1. The van der Waals surface area contributed by atoms with Crippen LogP contribution in [0.5, 0.6) is 0 Å². The Kier molecular flexibility index (Phi) is 5.40. The van der Waals surface area contributed by atoms with Gasteiger partial charge in [-0.25, -0.2) is 4.98 Å². The van der Waals surface area contributed by atoms with Crippen molar-refractivity contribution in [1.29, 1.82) is 0 Å². The highest BCUT2D eigenvalue weighted by Crippen LogP contribution is 2.34. The van der Waals surface area contributed by atoms with E-state index in [9.17, 15) is 4.79 Å². The summed E-state index contributed by atoms with van der Waals surface area (Å²) in [4.78, 5) is 17.2. The van der Waals surface area contributed by atoms with Crippen molar-refractivity contribution in [3.8, 4) is 11.3 Å². The Morgan fingerprint density at radius 2 is 2.00 bits per heavy atom. The second-order valence-electron chi connectivity index (χ2n) is 5.98. The summed E-state index contributed by atoms with van der Waals surface area (Å²) < 4.78 is 0.909. The number of amides is 1. The lowest BCUT2D eigenvalue weighted by molar-refractivity contribution is 0.0934. The van der Waals surface area contributed by atoms with Gasteiger partial charge < -0.3 is 5.32 Å². The van der Waals surface area contributed by atoms with E-state index in [0.29, 0.717) is 16.4 Å². The first-order valence-electron chi connectivity index (χ1n) is 8.15. The third-order valence-electron chi connectivity index (χ3n) is 4.15. The van der Waals surface area contributed by atoms with Crippen molar-refractivity contribution >= 4 is 44.2 Å². The Bertz CT molecular complexity index is 942. The van der Waals surface area contributed by atoms with Gasteiger partial charge >= 0.3 is 0 Å². The van der Waals surface area contributed by atoms with Gasteiger partial charge in [-0.15, -0.1) is 0 Å². The Morgan fingerprint density at radius 3 is 2.76 bits per heavy atom. The predicted octanol–water partition coefficient (Wildman–Crippen LogP) is 5.85. The fourth-order valence-corrected chi connectivity index (χ4v) is 3.17. The van der Waals surface area contributed by atoms with Crippen LogP contribution in [0, 0.1) is 0 Å². The van der Waals surface area contributed by atoms with E-state index in [1.165, 1.54) is 0 Å². The molecule has 1 atom stereocenters. The zero-order valence-electron chi connectivity index (χ0n) is 14.0. The molecule has 0 spiro atoms. The number of hydrogen-bond acceptors (Lipinski definition) is 2. The molecule has 0 saturated carbocycles. The molecule has 1 heterocycles. The van der Waals surface area contributed by atoms with E-state index in [1.807, 2.05) is 62.4 Å². The van der Waals surface area contributed by atoms with Crippen LogP contribution in [0.15, 0.2) is 53.0 Å².